The van der Waals surface area contributed by atoms with Gasteiger partial charge in [-0.15, -0.1) is 0 Å². The van der Waals surface area contributed by atoms with Crippen molar-refractivity contribution in [2.45, 2.75) is 38.6 Å². The highest BCUT2D eigenvalue weighted by Crippen LogP contribution is 2.13. The number of nitrogens with zero attached hydrogens (tertiary/aromatic N) is 1. The maximum absolute atomic E-state index is 5.30. The van der Waals surface area contributed by atoms with E-state index in [0.717, 1.165) is 22.7 Å². The Bertz CT molecular complexity index is 264. The molecule has 0 saturated heterocycles. The van der Waals surface area contributed by atoms with Gasteiger partial charge in [0, 0.05) is 6.42 Å². The van der Waals surface area contributed by atoms with Crippen molar-refractivity contribution in [3.8, 4) is 0 Å². The number of unbranched alkanes of at least 4 members (excludes halogenated alkanes) is 1. The molecule has 0 aliphatic carbocycles. The minimum Gasteiger partial charge on any atom is -1.00 e. The van der Waals surface area contributed by atoms with E-state index in [-0.39, 0.29) is 24.0 Å². The zero-order valence-corrected chi connectivity index (χ0v) is 13.0. The first kappa shape index (κ1) is 16.0. The predicted octanol–water partition coefficient (Wildman–Crippen LogP) is 0.0911. The Balaban J connectivity index is 0.00000225. The lowest BCUT2D eigenvalue weighted by Crippen LogP contribution is -3.00. The van der Waals surface area contributed by atoms with Gasteiger partial charge in [-0.05, 0) is 38.3 Å². The lowest BCUT2D eigenvalue weighted by Gasteiger charge is -2.31. The van der Waals surface area contributed by atoms with E-state index >= 15 is 0 Å². The number of halogens is 1. The third kappa shape index (κ3) is 5.89. The Kier molecular flexibility index (Phi) is 7.31. The molecule has 1 unspecified atom stereocenters. The van der Waals surface area contributed by atoms with Crippen LogP contribution in [-0.4, -0.2) is 31.7 Å². The second-order valence-corrected chi connectivity index (χ2v) is 5.29. The molecule has 0 aromatic carbocycles. The number of hydrogen-bond acceptors (Lipinski definition) is 1. The van der Waals surface area contributed by atoms with Gasteiger partial charge in [-0.25, -0.2) is 0 Å². The van der Waals surface area contributed by atoms with Gasteiger partial charge in [0.05, 0.1) is 33.4 Å². The van der Waals surface area contributed by atoms with E-state index in [2.05, 4.69) is 34.1 Å². The van der Waals surface area contributed by atoms with E-state index < -0.39 is 0 Å². The summed E-state index contributed by atoms with van der Waals surface area (Å²) in [5, 5.41) is 0. The van der Waals surface area contributed by atoms with Crippen LogP contribution in [0.15, 0.2) is 22.8 Å². The van der Waals surface area contributed by atoms with Crippen LogP contribution in [0, 0.1) is 0 Å². The van der Waals surface area contributed by atoms with E-state index in [0.29, 0.717) is 0 Å². The molecule has 1 atom stereocenters. The Hall–Kier alpha value is -0.0300. The van der Waals surface area contributed by atoms with Gasteiger partial charge < -0.3 is 32.9 Å². The molecule has 0 bridgehead atoms. The fourth-order valence-corrected chi connectivity index (χ4v) is 1.58. The smallest absolute Gasteiger partial charge is 0.103 e. The Labute approximate surface area is 117 Å². The summed E-state index contributed by atoms with van der Waals surface area (Å²) in [6.45, 7) is 2.33. The van der Waals surface area contributed by atoms with Gasteiger partial charge in [0.1, 0.15) is 5.76 Å². The standard InChI is InChI=1S/C13H24NO.HI/c1-12(14(2,3)4)8-5-6-9-13-10-7-11-15-13;/h7,10-12H,5-6,8-9H2,1-4H3;1H/q+1;/p-1. The number of hydrogen-bond donors (Lipinski definition) is 0. The quantitative estimate of drug-likeness (QED) is 0.408. The van der Waals surface area contributed by atoms with Gasteiger partial charge in [0.25, 0.3) is 0 Å². The molecule has 0 saturated carbocycles. The van der Waals surface area contributed by atoms with Crippen molar-refractivity contribution in [3.05, 3.63) is 24.2 Å². The highest BCUT2D eigenvalue weighted by molar-refractivity contribution is 4.97. The Morgan fingerprint density at radius 3 is 2.44 bits per heavy atom. The van der Waals surface area contributed by atoms with Gasteiger partial charge in [0.2, 0.25) is 0 Å². The van der Waals surface area contributed by atoms with Gasteiger partial charge in [0.15, 0.2) is 0 Å². The topological polar surface area (TPSA) is 13.1 Å². The van der Waals surface area contributed by atoms with Crippen LogP contribution in [-0.2, 0) is 6.42 Å². The summed E-state index contributed by atoms with van der Waals surface area (Å²) in [6, 6.07) is 4.76. The second-order valence-electron chi connectivity index (χ2n) is 5.29. The van der Waals surface area contributed by atoms with Crippen molar-refractivity contribution < 1.29 is 32.9 Å². The summed E-state index contributed by atoms with van der Waals surface area (Å²) in [6.07, 6.45) is 6.65. The monoisotopic (exact) mass is 337 g/mol. The molecule has 0 spiro atoms. The molecule has 16 heavy (non-hydrogen) atoms. The van der Waals surface area contributed by atoms with E-state index in [1.54, 1.807) is 6.26 Å². The minimum atomic E-state index is 0. The zero-order chi connectivity index (χ0) is 11.3. The highest BCUT2D eigenvalue weighted by atomic mass is 127. The molecule has 2 nitrogen and oxygen atoms in total. The predicted molar refractivity (Wildman–Crippen MR) is 63.8 cm³/mol. The van der Waals surface area contributed by atoms with Gasteiger partial charge in [-0.2, -0.15) is 0 Å². The van der Waals surface area contributed by atoms with E-state index in [1.165, 1.54) is 19.3 Å². The third-order valence-electron chi connectivity index (χ3n) is 3.20. The first-order valence-electron chi connectivity index (χ1n) is 5.83. The summed E-state index contributed by atoms with van der Waals surface area (Å²) < 4.78 is 6.36. The van der Waals surface area contributed by atoms with Gasteiger partial charge >= 0.3 is 0 Å². The Morgan fingerprint density at radius 2 is 1.94 bits per heavy atom. The van der Waals surface area contributed by atoms with E-state index in [9.17, 15) is 0 Å². The lowest BCUT2D eigenvalue weighted by molar-refractivity contribution is -0.894. The van der Waals surface area contributed by atoms with Crippen molar-refractivity contribution >= 4 is 0 Å². The van der Waals surface area contributed by atoms with Crippen LogP contribution >= 0.6 is 0 Å². The average Bonchev–Trinajstić information content (AvgIpc) is 2.63. The summed E-state index contributed by atoms with van der Waals surface area (Å²) in [7, 11) is 6.78. The molecule has 1 aromatic rings. The molecule has 0 radical (unpaired) electrons. The van der Waals surface area contributed by atoms with Crippen LogP contribution in [0.4, 0.5) is 0 Å². The van der Waals surface area contributed by atoms with Crippen LogP contribution in [0.3, 0.4) is 0 Å². The fourth-order valence-electron chi connectivity index (χ4n) is 1.58. The third-order valence-corrected chi connectivity index (χ3v) is 3.20. The van der Waals surface area contributed by atoms with Crippen molar-refractivity contribution in [1.29, 1.82) is 0 Å². The number of quaternary nitrogens is 1. The molecule has 1 aromatic heterocycles. The minimum absolute atomic E-state index is 0. The maximum Gasteiger partial charge on any atom is 0.103 e. The Morgan fingerprint density at radius 1 is 1.25 bits per heavy atom. The average molecular weight is 337 g/mol. The highest BCUT2D eigenvalue weighted by Gasteiger charge is 2.17. The first-order chi connectivity index (χ1) is 7.00. The molecular formula is C13H24INO. The normalized spacial score (nSPS) is 13.2. The summed E-state index contributed by atoms with van der Waals surface area (Å²) in [5.74, 6) is 1.12. The molecule has 3 heteroatoms. The van der Waals surface area contributed by atoms with Crippen molar-refractivity contribution in [3.63, 3.8) is 0 Å². The van der Waals surface area contributed by atoms with E-state index in [4.69, 9.17) is 4.42 Å². The first-order valence-corrected chi connectivity index (χ1v) is 5.83. The number of aryl methyl sites for hydroxylation is 1. The zero-order valence-electron chi connectivity index (χ0n) is 10.9. The molecule has 0 aliphatic rings. The molecule has 0 N–H and O–H groups in total. The second kappa shape index (κ2) is 7.33. The molecule has 0 fully saturated rings. The van der Waals surface area contributed by atoms with E-state index in [1.807, 2.05) is 6.07 Å². The number of furan rings is 1. The fraction of sp³-hybridized carbons (Fsp3) is 0.692. The molecule has 1 heterocycles. The van der Waals surface area contributed by atoms with Crippen molar-refractivity contribution in [2.24, 2.45) is 0 Å². The van der Waals surface area contributed by atoms with Crippen LogP contribution in [0.1, 0.15) is 31.9 Å². The SMILES string of the molecule is CC(CCCCc1ccco1)[N+](C)(C)C.[I-]. The van der Waals surface area contributed by atoms with Crippen LogP contribution in [0.2, 0.25) is 0 Å². The maximum atomic E-state index is 5.30. The summed E-state index contributed by atoms with van der Waals surface area (Å²) in [4.78, 5) is 0. The van der Waals surface area contributed by atoms with Gasteiger partial charge in [-0.1, -0.05) is 0 Å². The van der Waals surface area contributed by atoms with Crippen LogP contribution in [0.5, 0.6) is 0 Å². The van der Waals surface area contributed by atoms with Crippen molar-refractivity contribution in [2.75, 3.05) is 21.1 Å². The largest absolute Gasteiger partial charge is 1.00 e. The summed E-state index contributed by atoms with van der Waals surface area (Å²) >= 11 is 0. The van der Waals surface area contributed by atoms with Crippen molar-refractivity contribution in [1.82, 2.24) is 0 Å². The molecule has 94 valence electrons. The van der Waals surface area contributed by atoms with Gasteiger partial charge in [-0.3, -0.25) is 0 Å². The molecule has 1 rings (SSSR count). The molecule has 0 amide bonds. The molecular weight excluding hydrogens is 313 g/mol. The van der Waals surface area contributed by atoms with Crippen LogP contribution < -0.4 is 24.0 Å². The summed E-state index contributed by atoms with van der Waals surface area (Å²) in [5.41, 5.74) is 0. The molecule has 0 aliphatic heterocycles. The lowest BCUT2D eigenvalue weighted by atomic mass is 10.1. The van der Waals surface area contributed by atoms with Crippen LogP contribution in [0.25, 0.3) is 0 Å². The number of rotatable bonds is 6.